The molecule has 0 atom stereocenters. The zero-order valence-electron chi connectivity index (χ0n) is 35.4. The van der Waals surface area contributed by atoms with Gasteiger partial charge < -0.3 is 0 Å². The number of hydrogen-bond acceptors (Lipinski definition) is 0. The average Bonchev–Trinajstić information content (AvgIpc) is 3.46. The highest BCUT2D eigenvalue weighted by Crippen LogP contribution is 2.48. The topological polar surface area (TPSA) is 0 Å². The summed E-state index contributed by atoms with van der Waals surface area (Å²) in [7, 11) is 0. The third-order valence-electron chi connectivity index (χ3n) is 12.1. The van der Waals surface area contributed by atoms with Gasteiger partial charge in [-0.3, -0.25) is 0 Å². The highest BCUT2D eigenvalue weighted by molar-refractivity contribution is 5.97. The smallest absolute Gasteiger partial charge is 0.0118 e. The van der Waals surface area contributed by atoms with E-state index in [0.717, 1.165) is 18.4 Å². The maximum Gasteiger partial charge on any atom is 0.0118 e. The van der Waals surface area contributed by atoms with Crippen LogP contribution >= 0.6 is 0 Å². The van der Waals surface area contributed by atoms with E-state index < -0.39 is 0 Å². The maximum absolute atomic E-state index is 4.79. The molecule has 2 aliphatic rings. The molecule has 0 saturated heterocycles. The van der Waals surface area contributed by atoms with Crippen LogP contribution in [0.15, 0.2) is 199 Å². The highest BCUT2D eigenvalue weighted by Gasteiger charge is 2.34. The van der Waals surface area contributed by atoms with Crippen molar-refractivity contribution in [2.24, 2.45) is 0 Å². The van der Waals surface area contributed by atoms with Gasteiger partial charge in [0.05, 0.1) is 0 Å². The molecule has 0 saturated carbocycles. The van der Waals surface area contributed by atoms with Crippen molar-refractivity contribution in [3.63, 3.8) is 0 Å². The molecule has 0 aromatic heterocycles. The van der Waals surface area contributed by atoms with Crippen LogP contribution in [0.2, 0.25) is 0 Å². The minimum Gasteiger partial charge on any atom is -0.0909 e. The summed E-state index contributed by atoms with van der Waals surface area (Å²) in [5, 5.41) is 5.07. The molecule has 0 bridgehead atoms. The Morgan fingerprint density at radius 3 is 2.09 bits per heavy atom. The van der Waals surface area contributed by atoms with Gasteiger partial charge in [0.2, 0.25) is 0 Å². The van der Waals surface area contributed by atoms with E-state index in [0.29, 0.717) is 0 Å². The number of fused-ring (bicyclic) bond motifs is 3. The number of rotatable bonds is 9. The van der Waals surface area contributed by atoms with Crippen LogP contribution in [0.5, 0.6) is 0 Å². The number of allylic oxidation sites excluding steroid dienone is 15. The van der Waals surface area contributed by atoms with E-state index in [1.165, 1.54) is 93.9 Å². The molecule has 0 spiro atoms. The summed E-state index contributed by atoms with van der Waals surface area (Å²) < 4.78 is 0. The Kier molecular flexibility index (Phi) is 12.1. The largest absolute Gasteiger partial charge is 0.0909 e. The van der Waals surface area contributed by atoms with Crippen molar-refractivity contribution in [1.82, 2.24) is 0 Å². The van der Waals surface area contributed by atoms with E-state index >= 15 is 0 Å². The molecule has 0 radical (unpaired) electrons. The molecule has 0 N–H and O–H groups in total. The zero-order chi connectivity index (χ0) is 40.8. The van der Waals surface area contributed by atoms with E-state index in [1.807, 2.05) is 13.8 Å². The normalized spacial score (nSPS) is 15.8. The molecular weight excluding hydrogens is 697 g/mol. The van der Waals surface area contributed by atoms with Crippen molar-refractivity contribution < 1.29 is 0 Å². The lowest BCUT2D eigenvalue weighted by atomic mass is 9.80. The fraction of sp³-hybridized carbons (Fsp3) is 0.172. The second-order valence-electron chi connectivity index (χ2n) is 15.7. The fourth-order valence-electron chi connectivity index (χ4n) is 8.54. The Balaban J connectivity index is 0.00000252. The second kappa shape index (κ2) is 17.5. The Labute approximate surface area is 347 Å². The van der Waals surface area contributed by atoms with Gasteiger partial charge in [-0.2, -0.15) is 0 Å². The summed E-state index contributed by atoms with van der Waals surface area (Å²) in [4.78, 5) is 0. The van der Waals surface area contributed by atoms with Crippen molar-refractivity contribution in [2.75, 3.05) is 0 Å². The Bertz CT molecular complexity index is 2720. The van der Waals surface area contributed by atoms with Crippen LogP contribution < -0.4 is 0 Å². The van der Waals surface area contributed by atoms with Crippen LogP contribution in [0, 0.1) is 0 Å². The van der Waals surface area contributed by atoms with Gasteiger partial charge in [0, 0.05) is 5.41 Å². The van der Waals surface area contributed by atoms with Gasteiger partial charge in [0.25, 0.3) is 0 Å². The van der Waals surface area contributed by atoms with Gasteiger partial charge >= 0.3 is 0 Å². The predicted octanol–water partition coefficient (Wildman–Crippen LogP) is 16.7. The lowest BCUT2D eigenvalue weighted by molar-refractivity contribution is 0.639. The molecular formula is C58H56. The SMILES string of the molecule is C=C(/C(=C/C=C\C)C/C(=C1/C=CC(c2ccc3ccccc3c2)=CC1)c1ccc(-c2cccc3ccccc23)cc1)c1ccc2c(c1)C(C)(C)C(C)=C2/C=C\C.CC. The molecule has 0 amide bonds. The van der Waals surface area contributed by atoms with E-state index in [1.54, 1.807) is 0 Å². The Morgan fingerprint density at radius 2 is 1.36 bits per heavy atom. The second-order valence-corrected chi connectivity index (χ2v) is 15.7. The molecule has 6 aromatic rings. The average molecular weight is 753 g/mol. The maximum atomic E-state index is 4.79. The van der Waals surface area contributed by atoms with Crippen molar-refractivity contribution in [2.45, 2.75) is 66.7 Å². The predicted molar refractivity (Wildman–Crippen MR) is 257 cm³/mol. The van der Waals surface area contributed by atoms with Gasteiger partial charge in [-0.25, -0.2) is 0 Å². The summed E-state index contributed by atoms with van der Waals surface area (Å²) in [5.74, 6) is 0. The molecule has 58 heavy (non-hydrogen) atoms. The molecule has 0 heterocycles. The van der Waals surface area contributed by atoms with E-state index in [-0.39, 0.29) is 5.41 Å². The Morgan fingerprint density at radius 1 is 0.672 bits per heavy atom. The highest BCUT2D eigenvalue weighted by atomic mass is 14.4. The summed E-state index contributed by atoms with van der Waals surface area (Å²) in [5.41, 5.74) is 17.8. The molecule has 2 aliphatic carbocycles. The molecule has 6 aromatic carbocycles. The van der Waals surface area contributed by atoms with Crippen molar-refractivity contribution >= 4 is 43.8 Å². The minimum atomic E-state index is -0.0470. The van der Waals surface area contributed by atoms with Crippen LogP contribution in [-0.2, 0) is 5.41 Å². The van der Waals surface area contributed by atoms with Gasteiger partial charge in [0.15, 0.2) is 0 Å². The standard InChI is InChI=1S/C56H50.C2H6/c1-7-9-16-46(38(3)47-33-34-53-50(15-8-2)39(4)56(5,6)55(53)37-47)36-54(44-26-23-41(24-27-44)49-32-25-40-17-10-11-19-48(40)35-49)45-30-28-43(29-31-45)52-22-14-20-42-18-12-13-21-51(42)52;1-2/h7-26,28-35,37H,3,27,36H2,1-2,4-6H3;1-2H3/b9-7-,15-8-,46-16+,54-44+;. The van der Waals surface area contributed by atoms with Gasteiger partial charge in [-0.05, 0) is 140 Å². The summed E-state index contributed by atoms with van der Waals surface area (Å²) >= 11 is 0. The first-order valence-corrected chi connectivity index (χ1v) is 21.0. The number of hydrogen-bond donors (Lipinski definition) is 0. The first kappa shape index (κ1) is 40.0. The monoisotopic (exact) mass is 752 g/mol. The van der Waals surface area contributed by atoms with E-state index in [9.17, 15) is 0 Å². The van der Waals surface area contributed by atoms with Crippen molar-refractivity contribution in [3.8, 4) is 11.1 Å². The van der Waals surface area contributed by atoms with E-state index in [2.05, 4.69) is 211 Å². The van der Waals surface area contributed by atoms with Crippen LogP contribution in [0.3, 0.4) is 0 Å². The lowest BCUT2D eigenvalue weighted by Crippen LogP contribution is -2.15. The zero-order valence-corrected chi connectivity index (χ0v) is 35.4. The third-order valence-corrected chi connectivity index (χ3v) is 12.1. The van der Waals surface area contributed by atoms with Gasteiger partial charge in [0.1, 0.15) is 0 Å². The summed E-state index contributed by atoms with van der Waals surface area (Å²) in [6, 6.07) is 46.8. The van der Waals surface area contributed by atoms with Crippen LogP contribution in [0.25, 0.3) is 55.0 Å². The Hall–Kier alpha value is -6.24. The molecule has 0 fully saturated rings. The number of benzene rings is 6. The molecule has 0 nitrogen and oxygen atoms in total. The first-order chi connectivity index (χ1) is 28.3. The van der Waals surface area contributed by atoms with Gasteiger partial charge in [-0.15, -0.1) is 0 Å². The quantitative estimate of drug-likeness (QED) is 0.129. The molecule has 0 unspecified atom stereocenters. The molecule has 8 rings (SSSR count). The fourth-order valence-corrected chi connectivity index (χ4v) is 8.54. The van der Waals surface area contributed by atoms with Gasteiger partial charge in [-0.1, -0.05) is 204 Å². The third kappa shape index (κ3) is 7.85. The van der Waals surface area contributed by atoms with Crippen LogP contribution in [-0.4, -0.2) is 0 Å². The molecule has 0 heteroatoms. The minimum absolute atomic E-state index is 0.0470. The van der Waals surface area contributed by atoms with Crippen molar-refractivity contribution in [1.29, 1.82) is 0 Å². The van der Waals surface area contributed by atoms with Crippen LogP contribution in [0.1, 0.15) is 89.1 Å². The molecule has 288 valence electrons. The van der Waals surface area contributed by atoms with Crippen molar-refractivity contribution in [3.05, 3.63) is 227 Å². The summed E-state index contributed by atoms with van der Waals surface area (Å²) in [6.45, 7) is 20.0. The molecule has 0 aliphatic heterocycles. The lowest BCUT2D eigenvalue weighted by Gasteiger charge is -2.24. The first-order valence-electron chi connectivity index (χ1n) is 21.0. The van der Waals surface area contributed by atoms with E-state index in [4.69, 9.17) is 6.58 Å². The van der Waals surface area contributed by atoms with Crippen LogP contribution in [0.4, 0.5) is 0 Å². The summed E-state index contributed by atoms with van der Waals surface area (Å²) in [6.07, 6.45) is 19.6.